The van der Waals surface area contributed by atoms with Crippen molar-refractivity contribution in [3.8, 4) is 0 Å². The zero-order valence-electron chi connectivity index (χ0n) is 13.7. The summed E-state index contributed by atoms with van der Waals surface area (Å²) in [6.07, 6.45) is 4.58. The minimum absolute atomic E-state index is 0.00166. The molecule has 23 heavy (non-hydrogen) atoms. The normalized spacial score (nSPS) is 44.8. The summed E-state index contributed by atoms with van der Waals surface area (Å²) >= 11 is 0. The lowest BCUT2D eigenvalue weighted by Crippen LogP contribution is -2.62. The van der Waals surface area contributed by atoms with E-state index in [1.165, 1.54) is 7.11 Å². The van der Waals surface area contributed by atoms with Crippen molar-refractivity contribution in [1.82, 2.24) is 10.6 Å². The van der Waals surface area contributed by atoms with Gasteiger partial charge in [0.15, 0.2) is 0 Å². The first kappa shape index (κ1) is 15.4. The fourth-order valence-corrected chi connectivity index (χ4v) is 5.72. The van der Waals surface area contributed by atoms with Crippen LogP contribution in [0.4, 0.5) is 0 Å². The monoisotopic (exact) mass is 322 g/mol. The molecular weight excluding hydrogens is 296 g/mol. The highest BCUT2D eigenvalue weighted by Crippen LogP contribution is 2.60. The highest BCUT2D eigenvalue weighted by molar-refractivity contribution is 5.82. The molecule has 0 aromatic heterocycles. The Hall–Kier alpha value is -1.14. The molecule has 4 bridgehead atoms. The van der Waals surface area contributed by atoms with Crippen LogP contribution in [0.5, 0.6) is 0 Å². The fraction of sp³-hybridized carbons (Fsp3) is 0.882. The molecule has 0 aromatic rings. The Bertz CT molecular complexity index is 487. The van der Waals surface area contributed by atoms with Gasteiger partial charge in [0.25, 0.3) is 5.91 Å². The topological polar surface area (TPSA) is 76.7 Å². The number of ether oxygens (including phenoxy) is 2. The van der Waals surface area contributed by atoms with Crippen molar-refractivity contribution < 1.29 is 19.1 Å². The summed E-state index contributed by atoms with van der Waals surface area (Å²) < 4.78 is 10.7. The molecule has 3 atom stereocenters. The van der Waals surface area contributed by atoms with E-state index in [-0.39, 0.29) is 29.4 Å². The Kier molecular flexibility index (Phi) is 3.84. The SMILES string of the molecule is COC(=O)C12CC3CC(C1)C(NC(=O)[C@H]1CNCCO1)C(C3)C2. The number of carbonyl (C=O) groups excluding carboxylic acids is 2. The predicted octanol–water partition coefficient (Wildman–Crippen LogP) is 0.459. The Labute approximate surface area is 136 Å². The quantitative estimate of drug-likeness (QED) is 0.738. The van der Waals surface area contributed by atoms with E-state index in [0.717, 1.165) is 38.6 Å². The number of methoxy groups -OCH3 is 1. The van der Waals surface area contributed by atoms with Crippen LogP contribution in [0.3, 0.4) is 0 Å². The summed E-state index contributed by atoms with van der Waals surface area (Å²) in [4.78, 5) is 24.8. The van der Waals surface area contributed by atoms with Crippen LogP contribution in [0.25, 0.3) is 0 Å². The molecule has 2 unspecified atom stereocenters. The minimum atomic E-state index is -0.379. The maximum atomic E-state index is 12.5. The first-order valence-corrected chi connectivity index (χ1v) is 8.82. The smallest absolute Gasteiger partial charge is 0.311 e. The molecule has 6 heteroatoms. The van der Waals surface area contributed by atoms with Gasteiger partial charge in [0, 0.05) is 19.1 Å². The second-order valence-electron chi connectivity index (χ2n) is 7.84. The molecule has 5 rings (SSSR count). The zero-order valence-corrected chi connectivity index (χ0v) is 13.7. The van der Waals surface area contributed by atoms with Gasteiger partial charge in [0.1, 0.15) is 6.10 Å². The van der Waals surface area contributed by atoms with Crippen LogP contribution in [0.2, 0.25) is 0 Å². The van der Waals surface area contributed by atoms with Gasteiger partial charge in [0.05, 0.1) is 19.1 Å². The molecule has 1 aliphatic heterocycles. The molecule has 5 fully saturated rings. The van der Waals surface area contributed by atoms with E-state index in [1.54, 1.807) is 0 Å². The number of morpholine rings is 1. The van der Waals surface area contributed by atoms with Crippen molar-refractivity contribution in [2.45, 2.75) is 44.2 Å². The summed E-state index contributed by atoms with van der Waals surface area (Å²) in [5.41, 5.74) is -0.282. The first-order chi connectivity index (χ1) is 11.1. The molecule has 0 spiro atoms. The minimum Gasteiger partial charge on any atom is -0.469 e. The van der Waals surface area contributed by atoms with Gasteiger partial charge in [-0.15, -0.1) is 0 Å². The van der Waals surface area contributed by atoms with Crippen LogP contribution in [0, 0.1) is 23.2 Å². The summed E-state index contributed by atoms with van der Waals surface area (Å²) in [6.45, 7) is 1.98. The molecule has 0 aromatic carbocycles. The summed E-state index contributed by atoms with van der Waals surface area (Å²) in [6, 6.07) is 0.197. The molecule has 4 saturated carbocycles. The highest BCUT2D eigenvalue weighted by Gasteiger charge is 2.59. The lowest BCUT2D eigenvalue weighted by atomic mass is 9.48. The van der Waals surface area contributed by atoms with Crippen LogP contribution in [-0.2, 0) is 19.1 Å². The second-order valence-corrected chi connectivity index (χ2v) is 7.84. The third-order valence-corrected chi connectivity index (χ3v) is 6.42. The van der Waals surface area contributed by atoms with Gasteiger partial charge in [0.2, 0.25) is 0 Å². The molecule has 6 nitrogen and oxygen atoms in total. The van der Waals surface area contributed by atoms with Gasteiger partial charge in [-0.2, -0.15) is 0 Å². The van der Waals surface area contributed by atoms with E-state index >= 15 is 0 Å². The molecule has 1 amide bonds. The van der Waals surface area contributed by atoms with E-state index < -0.39 is 0 Å². The molecular formula is C17H26N2O4. The van der Waals surface area contributed by atoms with Crippen molar-refractivity contribution in [2.75, 3.05) is 26.8 Å². The van der Waals surface area contributed by atoms with Crippen LogP contribution in [0.15, 0.2) is 0 Å². The van der Waals surface area contributed by atoms with Crippen LogP contribution in [-0.4, -0.2) is 50.8 Å². The maximum absolute atomic E-state index is 12.5. The lowest BCUT2D eigenvalue weighted by Gasteiger charge is -2.58. The average Bonchev–Trinajstić information content (AvgIpc) is 2.57. The lowest BCUT2D eigenvalue weighted by molar-refractivity contribution is -0.172. The summed E-state index contributed by atoms with van der Waals surface area (Å²) in [5.74, 6) is 1.39. The zero-order chi connectivity index (χ0) is 16.0. The van der Waals surface area contributed by atoms with Crippen LogP contribution >= 0.6 is 0 Å². The van der Waals surface area contributed by atoms with Gasteiger partial charge in [-0.1, -0.05) is 0 Å². The number of hydrogen-bond acceptors (Lipinski definition) is 5. The predicted molar refractivity (Wildman–Crippen MR) is 82.5 cm³/mol. The molecule has 5 aliphatic rings. The highest BCUT2D eigenvalue weighted by atomic mass is 16.5. The molecule has 1 heterocycles. The summed E-state index contributed by atoms with van der Waals surface area (Å²) in [7, 11) is 1.49. The Morgan fingerprint density at radius 2 is 1.96 bits per heavy atom. The van der Waals surface area contributed by atoms with E-state index in [9.17, 15) is 9.59 Å². The van der Waals surface area contributed by atoms with Gasteiger partial charge < -0.3 is 20.1 Å². The van der Waals surface area contributed by atoms with Crippen molar-refractivity contribution >= 4 is 11.9 Å². The summed E-state index contributed by atoms with van der Waals surface area (Å²) in [5, 5.41) is 6.45. The molecule has 128 valence electrons. The Morgan fingerprint density at radius 3 is 2.57 bits per heavy atom. The first-order valence-electron chi connectivity index (χ1n) is 8.82. The van der Waals surface area contributed by atoms with Crippen molar-refractivity contribution in [3.63, 3.8) is 0 Å². The fourth-order valence-electron chi connectivity index (χ4n) is 5.72. The standard InChI is InChI=1S/C17H26N2O4/c1-22-16(21)17-6-10-4-11(7-17)14(12(5-10)8-17)19-15(20)13-9-18-2-3-23-13/h10-14,18H,2-9H2,1H3,(H,19,20)/t10?,11?,12?,13-,14?,17?/m1/s1. The van der Waals surface area contributed by atoms with Crippen molar-refractivity contribution in [3.05, 3.63) is 0 Å². The Morgan fingerprint density at radius 1 is 1.22 bits per heavy atom. The van der Waals surface area contributed by atoms with Gasteiger partial charge >= 0.3 is 5.97 Å². The van der Waals surface area contributed by atoms with Crippen molar-refractivity contribution in [1.29, 1.82) is 0 Å². The number of nitrogens with one attached hydrogen (secondary N) is 2. The third kappa shape index (κ3) is 2.56. The molecule has 1 saturated heterocycles. The van der Waals surface area contributed by atoms with Crippen LogP contribution in [0.1, 0.15) is 32.1 Å². The number of rotatable bonds is 3. The average molecular weight is 322 g/mol. The van der Waals surface area contributed by atoms with E-state index in [0.29, 0.717) is 30.9 Å². The molecule has 0 radical (unpaired) electrons. The van der Waals surface area contributed by atoms with E-state index in [4.69, 9.17) is 9.47 Å². The molecule has 2 N–H and O–H groups in total. The van der Waals surface area contributed by atoms with Gasteiger partial charge in [-0.3, -0.25) is 9.59 Å². The van der Waals surface area contributed by atoms with Crippen molar-refractivity contribution in [2.24, 2.45) is 23.2 Å². The number of carbonyl (C=O) groups is 2. The third-order valence-electron chi connectivity index (χ3n) is 6.42. The van der Waals surface area contributed by atoms with E-state index in [1.807, 2.05) is 0 Å². The number of amides is 1. The van der Waals surface area contributed by atoms with Crippen LogP contribution < -0.4 is 10.6 Å². The van der Waals surface area contributed by atoms with Gasteiger partial charge in [-0.05, 0) is 49.9 Å². The molecule has 4 aliphatic carbocycles. The maximum Gasteiger partial charge on any atom is 0.311 e. The Balaban J connectivity index is 1.46. The second kappa shape index (κ2) is 5.74. The van der Waals surface area contributed by atoms with Gasteiger partial charge in [-0.25, -0.2) is 0 Å². The largest absolute Gasteiger partial charge is 0.469 e. The number of esters is 1. The van der Waals surface area contributed by atoms with E-state index in [2.05, 4.69) is 10.6 Å². The number of hydrogen-bond donors (Lipinski definition) is 2.